The molecule has 1 aliphatic rings. The topological polar surface area (TPSA) is 49.6 Å². The molecule has 1 heterocycles. The van der Waals surface area contributed by atoms with Gasteiger partial charge in [-0.1, -0.05) is 12.1 Å². The quantitative estimate of drug-likeness (QED) is 0.896. The molecule has 1 unspecified atom stereocenters. The number of halogens is 2. The average molecular weight is 362 g/mol. The summed E-state index contributed by atoms with van der Waals surface area (Å²) in [7, 11) is 4.07. The Labute approximate surface area is 152 Å². The predicted octanol–water partition coefficient (Wildman–Crippen LogP) is 2.79. The molecule has 1 fully saturated rings. The van der Waals surface area contributed by atoms with Crippen LogP contribution in [0.25, 0.3) is 0 Å². The van der Waals surface area contributed by atoms with Crippen molar-refractivity contribution in [1.29, 1.82) is 0 Å². The first kappa shape index (κ1) is 22.2. The van der Waals surface area contributed by atoms with Crippen LogP contribution < -0.4 is 5.73 Å². The zero-order valence-electron chi connectivity index (χ0n) is 14.2. The van der Waals surface area contributed by atoms with Crippen LogP contribution >= 0.6 is 24.8 Å². The van der Waals surface area contributed by atoms with Crippen molar-refractivity contribution in [1.82, 2.24) is 9.80 Å². The molecule has 0 bridgehead atoms. The van der Waals surface area contributed by atoms with E-state index in [-0.39, 0.29) is 36.8 Å². The molecule has 4 nitrogen and oxygen atoms in total. The van der Waals surface area contributed by atoms with E-state index in [0.29, 0.717) is 5.92 Å². The number of carbonyl (C=O) groups excluding carboxylic acids is 1. The largest absolute Gasteiger partial charge is 0.339 e. The molecule has 1 saturated heterocycles. The molecular weight excluding hydrogens is 333 g/mol. The molecule has 1 atom stereocenters. The maximum Gasteiger partial charge on any atom is 0.253 e. The minimum atomic E-state index is 0. The van der Waals surface area contributed by atoms with Crippen molar-refractivity contribution in [2.75, 3.05) is 27.2 Å². The fourth-order valence-electron chi connectivity index (χ4n) is 2.98. The minimum Gasteiger partial charge on any atom is -0.339 e. The minimum absolute atomic E-state index is 0. The van der Waals surface area contributed by atoms with Gasteiger partial charge < -0.3 is 15.5 Å². The number of nitrogens with two attached hydrogens (primary N) is 1. The Morgan fingerprint density at radius 1 is 1.30 bits per heavy atom. The van der Waals surface area contributed by atoms with Crippen LogP contribution in [0, 0.1) is 5.92 Å². The highest BCUT2D eigenvalue weighted by Gasteiger charge is 2.25. The Bertz CT molecular complexity index is 486. The Morgan fingerprint density at radius 3 is 2.43 bits per heavy atom. The molecule has 132 valence electrons. The Kier molecular flexibility index (Phi) is 9.78. The van der Waals surface area contributed by atoms with Crippen molar-refractivity contribution in [3.63, 3.8) is 0 Å². The van der Waals surface area contributed by atoms with Gasteiger partial charge in [-0.3, -0.25) is 4.79 Å². The zero-order chi connectivity index (χ0) is 15.4. The van der Waals surface area contributed by atoms with E-state index < -0.39 is 0 Å². The smallest absolute Gasteiger partial charge is 0.253 e. The maximum atomic E-state index is 12.6. The zero-order valence-corrected chi connectivity index (χ0v) is 15.8. The summed E-state index contributed by atoms with van der Waals surface area (Å²) < 4.78 is 0. The first-order valence-electron chi connectivity index (χ1n) is 7.76. The van der Waals surface area contributed by atoms with Crippen molar-refractivity contribution in [3.8, 4) is 0 Å². The lowest BCUT2D eigenvalue weighted by Crippen LogP contribution is -2.42. The number of nitrogens with zero attached hydrogens (tertiary/aromatic N) is 2. The molecule has 23 heavy (non-hydrogen) atoms. The van der Waals surface area contributed by atoms with Gasteiger partial charge in [-0.05, 0) is 57.5 Å². The molecule has 1 amide bonds. The maximum absolute atomic E-state index is 12.6. The predicted molar refractivity (Wildman–Crippen MR) is 101 cm³/mol. The van der Waals surface area contributed by atoms with E-state index in [2.05, 4.69) is 17.9 Å². The molecule has 2 rings (SSSR count). The summed E-state index contributed by atoms with van der Waals surface area (Å²) in [6.45, 7) is 4.56. The first-order valence-corrected chi connectivity index (χ1v) is 7.76. The number of benzene rings is 1. The summed E-state index contributed by atoms with van der Waals surface area (Å²) in [5, 5.41) is 0. The van der Waals surface area contributed by atoms with Crippen LogP contribution in [0.4, 0.5) is 0 Å². The molecule has 0 aromatic heterocycles. The third kappa shape index (κ3) is 6.30. The van der Waals surface area contributed by atoms with E-state index in [1.165, 1.54) is 5.56 Å². The molecule has 1 aromatic carbocycles. The second kappa shape index (κ2) is 10.1. The van der Waals surface area contributed by atoms with E-state index >= 15 is 0 Å². The van der Waals surface area contributed by atoms with Crippen molar-refractivity contribution >= 4 is 30.7 Å². The molecule has 6 heteroatoms. The van der Waals surface area contributed by atoms with Gasteiger partial charge in [0, 0.05) is 31.2 Å². The van der Waals surface area contributed by atoms with Gasteiger partial charge in [0.25, 0.3) is 5.91 Å². The van der Waals surface area contributed by atoms with Crippen LogP contribution in [0.1, 0.15) is 35.7 Å². The van der Waals surface area contributed by atoms with Crippen LogP contribution in [-0.4, -0.2) is 48.9 Å². The van der Waals surface area contributed by atoms with Gasteiger partial charge in [-0.15, -0.1) is 24.8 Å². The van der Waals surface area contributed by atoms with Gasteiger partial charge >= 0.3 is 0 Å². The van der Waals surface area contributed by atoms with E-state index in [1.54, 1.807) is 0 Å². The van der Waals surface area contributed by atoms with Crippen LogP contribution in [0.5, 0.6) is 0 Å². The Morgan fingerprint density at radius 2 is 1.91 bits per heavy atom. The van der Waals surface area contributed by atoms with Crippen molar-refractivity contribution in [2.45, 2.75) is 32.4 Å². The van der Waals surface area contributed by atoms with Gasteiger partial charge in [0.2, 0.25) is 0 Å². The van der Waals surface area contributed by atoms with Crippen LogP contribution in [0.15, 0.2) is 24.3 Å². The van der Waals surface area contributed by atoms with Crippen molar-refractivity contribution < 1.29 is 4.79 Å². The lowest BCUT2D eigenvalue weighted by Gasteiger charge is -2.33. The normalized spacial score (nSPS) is 16.5. The summed E-state index contributed by atoms with van der Waals surface area (Å²) in [6, 6.07) is 8.20. The number of rotatable bonds is 4. The highest BCUT2D eigenvalue weighted by molar-refractivity contribution is 5.94. The highest BCUT2D eigenvalue weighted by Crippen LogP contribution is 2.21. The molecule has 1 aromatic rings. The van der Waals surface area contributed by atoms with Gasteiger partial charge in [0.05, 0.1) is 0 Å². The number of hydrogen-bond acceptors (Lipinski definition) is 3. The van der Waals surface area contributed by atoms with E-state index in [9.17, 15) is 4.79 Å². The molecule has 0 radical (unpaired) electrons. The SMILES string of the molecule is CC(N)C1CCN(C(=O)c2cccc(CN(C)C)c2)CC1.Cl.Cl. The standard InChI is InChI=1S/C17H27N3O.2ClH/c1-13(18)15-7-9-20(10-8-15)17(21)16-6-4-5-14(11-16)12-19(2)3;;/h4-6,11,13,15H,7-10,12,18H2,1-3H3;2*1H. The fourth-order valence-corrected chi connectivity index (χ4v) is 2.98. The lowest BCUT2D eigenvalue weighted by molar-refractivity contribution is 0.0681. The van der Waals surface area contributed by atoms with Crippen molar-refractivity contribution in [2.24, 2.45) is 11.7 Å². The third-order valence-corrected chi connectivity index (χ3v) is 4.24. The summed E-state index contributed by atoms with van der Waals surface area (Å²) in [4.78, 5) is 16.7. The van der Waals surface area contributed by atoms with E-state index in [1.807, 2.05) is 37.2 Å². The van der Waals surface area contributed by atoms with Crippen LogP contribution in [0.2, 0.25) is 0 Å². The molecule has 0 spiro atoms. The number of hydrogen-bond donors (Lipinski definition) is 1. The molecule has 2 N–H and O–H groups in total. The number of piperidine rings is 1. The second-order valence-corrected chi connectivity index (χ2v) is 6.43. The lowest BCUT2D eigenvalue weighted by atomic mass is 9.90. The Hall–Kier alpha value is -0.810. The molecule has 0 saturated carbocycles. The number of amides is 1. The molecular formula is C17H29Cl2N3O. The summed E-state index contributed by atoms with van der Waals surface area (Å²) in [6.07, 6.45) is 2.03. The number of carbonyl (C=O) groups is 1. The van der Waals surface area contributed by atoms with Gasteiger partial charge in [0.15, 0.2) is 0 Å². The van der Waals surface area contributed by atoms with Gasteiger partial charge in [-0.2, -0.15) is 0 Å². The van der Waals surface area contributed by atoms with E-state index in [4.69, 9.17) is 5.73 Å². The van der Waals surface area contributed by atoms with Crippen molar-refractivity contribution in [3.05, 3.63) is 35.4 Å². The summed E-state index contributed by atoms with van der Waals surface area (Å²) in [5.41, 5.74) is 7.93. The molecule has 1 aliphatic heterocycles. The highest BCUT2D eigenvalue weighted by atomic mass is 35.5. The summed E-state index contributed by atoms with van der Waals surface area (Å²) >= 11 is 0. The van der Waals surface area contributed by atoms with Crippen LogP contribution in [0.3, 0.4) is 0 Å². The molecule has 0 aliphatic carbocycles. The first-order chi connectivity index (χ1) is 9.97. The monoisotopic (exact) mass is 361 g/mol. The summed E-state index contributed by atoms with van der Waals surface area (Å²) in [5.74, 6) is 0.702. The second-order valence-electron chi connectivity index (χ2n) is 6.43. The average Bonchev–Trinajstić information content (AvgIpc) is 2.46. The van der Waals surface area contributed by atoms with Crippen LogP contribution in [-0.2, 0) is 6.54 Å². The van der Waals surface area contributed by atoms with Gasteiger partial charge in [-0.25, -0.2) is 0 Å². The van der Waals surface area contributed by atoms with Gasteiger partial charge in [0.1, 0.15) is 0 Å². The van der Waals surface area contributed by atoms with E-state index in [0.717, 1.165) is 38.0 Å². The number of likely N-dealkylation sites (tertiary alicyclic amines) is 1. The third-order valence-electron chi connectivity index (χ3n) is 4.24. The Balaban J connectivity index is 0.00000242. The fraction of sp³-hybridized carbons (Fsp3) is 0.588.